The smallest absolute Gasteiger partial charge is 0.127 e. The Hall–Kier alpha value is -4.10. The molecule has 0 unspecified atom stereocenters. The highest BCUT2D eigenvalue weighted by Gasteiger charge is 2.03. The van der Waals surface area contributed by atoms with Gasteiger partial charge in [-0.1, -0.05) is 108 Å². The molecule has 0 atom stereocenters. The molecular weight excluding hydrogens is 424 g/mol. The van der Waals surface area contributed by atoms with E-state index in [2.05, 4.69) is 111 Å². The molecular formula is C34H30O. The second kappa shape index (κ2) is 10.4. The Morgan fingerprint density at radius 1 is 0.371 bits per heavy atom. The molecule has 0 spiro atoms. The highest BCUT2D eigenvalue weighted by molar-refractivity contribution is 5.64. The van der Waals surface area contributed by atoms with Gasteiger partial charge in [0, 0.05) is 0 Å². The van der Waals surface area contributed by atoms with Gasteiger partial charge < -0.3 is 4.74 Å². The highest BCUT2D eigenvalue weighted by atomic mass is 16.5. The molecule has 0 saturated carbocycles. The Balaban J connectivity index is 1.19. The van der Waals surface area contributed by atoms with Crippen LogP contribution in [0, 0.1) is 13.8 Å². The van der Waals surface area contributed by atoms with Gasteiger partial charge in [0.25, 0.3) is 0 Å². The van der Waals surface area contributed by atoms with Crippen molar-refractivity contribution in [1.29, 1.82) is 0 Å². The fourth-order valence-electron chi connectivity index (χ4n) is 4.23. The molecule has 0 N–H and O–H groups in total. The van der Waals surface area contributed by atoms with Crippen molar-refractivity contribution in [3.63, 3.8) is 0 Å². The van der Waals surface area contributed by atoms with Crippen LogP contribution in [0.1, 0.15) is 33.4 Å². The van der Waals surface area contributed by atoms with Crippen molar-refractivity contribution in [3.8, 4) is 22.6 Å². The Kier molecular flexibility index (Phi) is 6.77. The van der Waals surface area contributed by atoms with Crippen LogP contribution >= 0.6 is 0 Å². The van der Waals surface area contributed by atoms with Crippen LogP contribution in [0.5, 0.6) is 11.5 Å². The Labute approximate surface area is 208 Å². The van der Waals surface area contributed by atoms with Crippen molar-refractivity contribution in [2.45, 2.75) is 26.7 Å². The van der Waals surface area contributed by atoms with E-state index < -0.39 is 0 Å². The quantitative estimate of drug-likeness (QED) is 0.238. The molecule has 0 aromatic heterocycles. The molecule has 5 aromatic rings. The van der Waals surface area contributed by atoms with Gasteiger partial charge in [-0.15, -0.1) is 0 Å². The van der Waals surface area contributed by atoms with Gasteiger partial charge in [-0.25, -0.2) is 0 Å². The van der Waals surface area contributed by atoms with Crippen LogP contribution in [0.3, 0.4) is 0 Å². The first-order valence-electron chi connectivity index (χ1n) is 12.2. The maximum atomic E-state index is 6.08. The maximum absolute atomic E-state index is 6.08. The third-order valence-electron chi connectivity index (χ3n) is 6.36. The molecule has 1 nitrogen and oxygen atoms in total. The molecule has 0 heterocycles. The van der Waals surface area contributed by atoms with E-state index in [1.165, 1.54) is 44.5 Å². The number of hydrogen-bond acceptors (Lipinski definition) is 1. The van der Waals surface area contributed by atoms with Crippen molar-refractivity contribution >= 4 is 0 Å². The molecule has 0 aliphatic carbocycles. The first-order valence-corrected chi connectivity index (χ1v) is 12.2. The van der Waals surface area contributed by atoms with Crippen LogP contribution in [-0.4, -0.2) is 0 Å². The summed E-state index contributed by atoms with van der Waals surface area (Å²) in [4.78, 5) is 0. The van der Waals surface area contributed by atoms with Gasteiger partial charge in [-0.3, -0.25) is 0 Å². The lowest BCUT2D eigenvalue weighted by Crippen LogP contribution is -1.90. The third kappa shape index (κ3) is 6.07. The van der Waals surface area contributed by atoms with E-state index in [1.54, 1.807) is 0 Å². The lowest BCUT2D eigenvalue weighted by Gasteiger charge is -2.09. The van der Waals surface area contributed by atoms with E-state index >= 15 is 0 Å². The standard InChI is InChI=1S/C34H30O/c1-25-3-7-27(8-4-25)23-29-11-15-31(16-12-29)32-17-21-34(22-18-32)35-33-19-13-30(14-20-33)24-28-9-5-26(2)6-10-28/h3-22H,23-24H2,1-2H3. The predicted molar refractivity (Wildman–Crippen MR) is 146 cm³/mol. The minimum atomic E-state index is 0.844. The van der Waals surface area contributed by atoms with Crippen LogP contribution in [0.15, 0.2) is 121 Å². The highest BCUT2D eigenvalue weighted by Crippen LogP contribution is 2.27. The van der Waals surface area contributed by atoms with Gasteiger partial charge >= 0.3 is 0 Å². The maximum Gasteiger partial charge on any atom is 0.127 e. The summed E-state index contributed by atoms with van der Waals surface area (Å²) < 4.78 is 6.08. The van der Waals surface area contributed by atoms with E-state index in [1.807, 2.05) is 24.3 Å². The van der Waals surface area contributed by atoms with Crippen LogP contribution in [0.25, 0.3) is 11.1 Å². The van der Waals surface area contributed by atoms with Gasteiger partial charge in [-0.2, -0.15) is 0 Å². The Bertz CT molecular complexity index is 1360. The third-order valence-corrected chi connectivity index (χ3v) is 6.36. The zero-order chi connectivity index (χ0) is 24.0. The Morgan fingerprint density at radius 2 is 0.657 bits per heavy atom. The molecule has 172 valence electrons. The van der Waals surface area contributed by atoms with E-state index in [9.17, 15) is 0 Å². The summed E-state index contributed by atoms with van der Waals surface area (Å²) in [6, 6.07) is 43.0. The van der Waals surface area contributed by atoms with E-state index in [4.69, 9.17) is 4.74 Å². The summed E-state index contributed by atoms with van der Waals surface area (Å²) in [5.41, 5.74) is 10.3. The predicted octanol–water partition coefficient (Wildman–Crippen LogP) is 8.94. The van der Waals surface area contributed by atoms with Crippen LogP contribution in [-0.2, 0) is 12.8 Å². The van der Waals surface area contributed by atoms with Gasteiger partial charge in [0.15, 0.2) is 0 Å². The number of rotatable bonds is 7. The largest absolute Gasteiger partial charge is 0.457 e. The van der Waals surface area contributed by atoms with Crippen LogP contribution < -0.4 is 4.74 Å². The average molecular weight is 455 g/mol. The fraction of sp³-hybridized carbons (Fsp3) is 0.118. The second-order valence-electron chi connectivity index (χ2n) is 9.29. The fourth-order valence-corrected chi connectivity index (χ4v) is 4.23. The Morgan fingerprint density at radius 3 is 1.06 bits per heavy atom. The van der Waals surface area contributed by atoms with Crippen molar-refractivity contribution < 1.29 is 4.74 Å². The number of benzene rings is 5. The molecule has 0 aliphatic heterocycles. The number of aryl methyl sites for hydroxylation is 2. The summed E-state index contributed by atoms with van der Waals surface area (Å²) >= 11 is 0. The van der Waals surface area contributed by atoms with Crippen LogP contribution in [0.4, 0.5) is 0 Å². The molecule has 0 radical (unpaired) electrons. The van der Waals surface area contributed by atoms with Gasteiger partial charge in [0.1, 0.15) is 11.5 Å². The molecule has 0 fully saturated rings. The summed E-state index contributed by atoms with van der Waals surface area (Å²) in [6.07, 6.45) is 1.89. The lowest BCUT2D eigenvalue weighted by molar-refractivity contribution is 0.482. The van der Waals surface area contributed by atoms with Crippen molar-refractivity contribution in [1.82, 2.24) is 0 Å². The van der Waals surface area contributed by atoms with Gasteiger partial charge in [0.2, 0.25) is 0 Å². The summed E-state index contributed by atoms with van der Waals surface area (Å²) in [5.74, 6) is 1.70. The van der Waals surface area contributed by atoms with Crippen LogP contribution in [0.2, 0.25) is 0 Å². The first kappa shape index (κ1) is 22.7. The summed E-state index contributed by atoms with van der Waals surface area (Å²) in [5, 5.41) is 0. The lowest BCUT2D eigenvalue weighted by atomic mass is 10.00. The van der Waals surface area contributed by atoms with Crippen molar-refractivity contribution in [2.24, 2.45) is 0 Å². The van der Waals surface area contributed by atoms with Crippen molar-refractivity contribution in [2.75, 3.05) is 0 Å². The first-order chi connectivity index (χ1) is 17.1. The second-order valence-corrected chi connectivity index (χ2v) is 9.29. The van der Waals surface area contributed by atoms with Gasteiger partial charge in [-0.05, 0) is 84.3 Å². The minimum absolute atomic E-state index is 0.844. The number of hydrogen-bond donors (Lipinski definition) is 0. The topological polar surface area (TPSA) is 9.23 Å². The molecule has 0 saturated heterocycles. The zero-order valence-electron chi connectivity index (χ0n) is 20.4. The average Bonchev–Trinajstić information content (AvgIpc) is 2.89. The SMILES string of the molecule is Cc1ccc(Cc2ccc(Oc3ccc(-c4ccc(Cc5ccc(C)cc5)cc4)cc3)cc2)cc1. The minimum Gasteiger partial charge on any atom is -0.457 e. The van der Waals surface area contributed by atoms with Crippen molar-refractivity contribution in [3.05, 3.63) is 155 Å². The molecule has 0 amide bonds. The molecule has 0 aliphatic rings. The molecule has 0 bridgehead atoms. The molecule has 5 aromatic carbocycles. The summed E-state index contributed by atoms with van der Waals surface area (Å²) in [6.45, 7) is 4.24. The number of ether oxygens (including phenoxy) is 1. The monoisotopic (exact) mass is 454 g/mol. The normalized spacial score (nSPS) is 10.8. The molecule has 5 rings (SSSR count). The van der Waals surface area contributed by atoms with Gasteiger partial charge in [0.05, 0.1) is 0 Å². The molecule has 1 heteroatoms. The van der Waals surface area contributed by atoms with E-state index in [0.29, 0.717) is 0 Å². The van der Waals surface area contributed by atoms with E-state index in [0.717, 1.165) is 24.3 Å². The summed E-state index contributed by atoms with van der Waals surface area (Å²) in [7, 11) is 0. The van der Waals surface area contributed by atoms with E-state index in [-0.39, 0.29) is 0 Å². The zero-order valence-corrected chi connectivity index (χ0v) is 20.4. The molecule has 35 heavy (non-hydrogen) atoms.